The van der Waals surface area contributed by atoms with Crippen molar-refractivity contribution in [2.24, 2.45) is 5.73 Å². The Morgan fingerprint density at radius 1 is 1.26 bits per heavy atom. The Hall–Kier alpha value is -1.88. The lowest BCUT2D eigenvalue weighted by Gasteiger charge is -2.10. The lowest BCUT2D eigenvalue weighted by molar-refractivity contribution is 0.0996. The van der Waals surface area contributed by atoms with Gasteiger partial charge in [-0.3, -0.25) is 4.79 Å². The van der Waals surface area contributed by atoms with Crippen LogP contribution in [0.25, 0.3) is 0 Å². The lowest BCUT2D eigenvalue weighted by atomic mass is 10.2. The number of carbonyl (C=O) groups is 1. The predicted molar refractivity (Wildman–Crippen MR) is 73.4 cm³/mol. The second kappa shape index (κ2) is 5.84. The standard InChI is InChI=1S/C14H11BrFNO2/c15-11-7-12(16)10(14(17)18)6-13(11)19-8-9-4-2-1-3-5-9/h1-7H,8H2,(H2,17,18). The molecule has 0 unspecified atom stereocenters. The third kappa shape index (κ3) is 3.32. The number of amides is 1. The molecule has 0 bridgehead atoms. The lowest BCUT2D eigenvalue weighted by Crippen LogP contribution is -2.13. The highest BCUT2D eigenvalue weighted by atomic mass is 79.9. The van der Waals surface area contributed by atoms with Gasteiger partial charge in [-0.25, -0.2) is 4.39 Å². The normalized spacial score (nSPS) is 10.2. The molecule has 0 radical (unpaired) electrons. The van der Waals surface area contributed by atoms with E-state index in [2.05, 4.69) is 15.9 Å². The summed E-state index contributed by atoms with van der Waals surface area (Å²) in [5, 5.41) is 0. The van der Waals surface area contributed by atoms with Crippen molar-refractivity contribution in [2.45, 2.75) is 6.61 Å². The SMILES string of the molecule is NC(=O)c1cc(OCc2ccccc2)c(Br)cc1F. The quantitative estimate of drug-likeness (QED) is 0.938. The van der Waals surface area contributed by atoms with Gasteiger partial charge in [-0.2, -0.15) is 0 Å². The fraction of sp³-hybridized carbons (Fsp3) is 0.0714. The summed E-state index contributed by atoms with van der Waals surface area (Å²) in [7, 11) is 0. The minimum absolute atomic E-state index is 0.189. The van der Waals surface area contributed by atoms with Gasteiger partial charge in [0.1, 0.15) is 18.2 Å². The topological polar surface area (TPSA) is 52.3 Å². The van der Waals surface area contributed by atoms with E-state index in [1.165, 1.54) is 12.1 Å². The number of hydrogen-bond donors (Lipinski definition) is 1. The van der Waals surface area contributed by atoms with Gasteiger partial charge < -0.3 is 10.5 Å². The molecule has 19 heavy (non-hydrogen) atoms. The largest absolute Gasteiger partial charge is 0.488 e. The second-order valence-corrected chi connectivity index (χ2v) is 4.76. The first-order chi connectivity index (χ1) is 9.08. The molecule has 0 heterocycles. The summed E-state index contributed by atoms with van der Waals surface area (Å²) in [4.78, 5) is 11.1. The zero-order chi connectivity index (χ0) is 13.8. The summed E-state index contributed by atoms with van der Waals surface area (Å²) in [6.45, 7) is 0.323. The van der Waals surface area contributed by atoms with E-state index in [-0.39, 0.29) is 5.56 Å². The molecular formula is C14H11BrFNO2. The predicted octanol–water partition coefficient (Wildman–Crippen LogP) is 3.27. The van der Waals surface area contributed by atoms with Gasteiger partial charge >= 0.3 is 0 Å². The first-order valence-corrected chi connectivity index (χ1v) is 6.33. The highest BCUT2D eigenvalue weighted by Crippen LogP contribution is 2.28. The summed E-state index contributed by atoms with van der Waals surface area (Å²) in [6, 6.07) is 12.0. The molecule has 0 saturated heterocycles. The van der Waals surface area contributed by atoms with Gasteiger partial charge in [0.05, 0.1) is 10.0 Å². The fourth-order valence-corrected chi connectivity index (χ4v) is 1.99. The van der Waals surface area contributed by atoms with Crippen molar-refractivity contribution < 1.29 is 13.9 Å². The average molecular weight is 324 g/mol. The van der Waals surface area contributed by atoms with Crippen molar-refractivity contribution in [3.8, 4) is 5.75 Å². The Labute approximate surface area is 118 Å². The van der Waals surface area contributed by atoms with Crippen LogP contribution in [0.1, 0.15) is 15.9 Å². The Bertz CT molecular complexity index is 602. The first-order valence-electron chi connectivity index (χ1n) is 5.53. The molecule has 2 aromatic rings. The van der Waals surface area contributed by atoms with Crippen molar-refractivity contribution in [3.05, 3.63) is 63.9 Å². The van der Waals surface area contributed by atoms with Gasteiger partial charge in [-0.05, 0) is 33.6 Å². The summed E-state index contributed by atoms with van der Waals surface area (Å²) in [5.41, 5.74) is 5.87. The monoisotopic (exact) mass is 323 g/mol. The summed E-state index contributed by atoms with van der Waals surface area (Å²) < 4.78 is 19.4. The van der Waals surface area contributed by atoms with Gasteiger partial charge in [-0.1, -0.05) is 30.3 Å². The van der Waals surface area contributed by atoms with Crippen molar-refractivity contribution in [1.82, 2.24) is 0 Å². The van der Waals surface area contributed by atoms with E-state index in [0.29, 0.717) is 16.8 Å². The number of hydrogen-bond acceptors (Lipinski definition) is 2. The van der Waals surface area contributed by atoms with E-state index in [9.17, 15) is 9.18 Å². The minimum atomic E-state index is -0.824. The van der Waals surface area contributed by atoms with Crippen LogP contribution >= 0.6 is 15.9 Å². The zero-order valence-corrected chi connectivity index (χ0v) is 11.5. The van der Waals surface area contributed by atoms with Crippen molar-refractivity contribution in [2.75, 3.05) is 0 Å². The van der Waals surface area contributed by atoms with E-state index in [4.69, 9.17) is 10.5 Å². The molecule has 0 aliphatic heterocycles. The molecule has 0 saturated carbocycles. The molecule has 0 spiro atoms. The second-order valence-electron chi connectivity index (χ2n) is 3.90. The summed E-state index contributed by atoms with van der Waals surface area (Å²) in [6.07, 6.45) is 0. The maximum atomic E-state index is 13.5. The van der Waals surface area contributed by atoms with Crippen LogP contribution in [0.15, 0.2) is 46.9 Å². The number of rotatable bonds is 4. The van der Waals surface area contributed by atoms with Crippen LogP contribution in [-0.4, -0.2) is 5.91 Å². The van der Waals surface area contributed by atoms with Crippen molar-refractivity contribution in [1.29, 1.82) is 0 Å². The smallest absolute Gasteiger partial charge is 0.251 e. The Kier molecular flexibility index (Phi) is 4.16. The number of primary amides is 1. The van der Waals surface area contributed by atoms with Crippen LogP contribution in [0.5, 0.6) is 5.75 Å². The molecule has 1 amide bonds. The zero-order valence-electron chi connectivity index (χ0n) is 9.90. The number of carbonyl (C=O) groups excluding carboxylic acids is 1. The van der Waals surface area contributed by atoms with Crippen LogP contribution < -0.4 is 10.5 Å². The molecule has 0 aromatic heterocycles. The molecule has 98 valence electrons. The number of ether oxygens (including phenoxy) is 1. The molecule has 0 aliphatic carbocycles. The molecule has 2 rings (SSSR count). The average Bonchev–Trinajstić information content (AvgIpc) is 2.38. The van der Waals surface area contributed by atoms with E-state index in [1.54, 1.807) is 0 Å². The minimum Gasteiger partial charge on any atom is -0.488 e. The molecule has 3 nitrogen and oxygen atoms in total. The number of nitrogens with two attached hydrogens (primary N) is 1. The molecule has 5 heteroatoms. The molecule has 2 aromatic carbocycles. The first kappa shape index (κ1) is 13.5. The molecule has 0 aliphatic rings. The van der Waals surface area contributed by atoms with E-state index >= 15 is 0 Å². The number of halogens is 2. The molecule has 0 fully saturated rings. The molecule has 2 N–H and O–H groups in total. The molecular weight excluding hydrogens is 313 g/mol. The summed E-state index contributed by atoms with van der Waals surface area (Å²) >= 11 is 3.19. The van der Waals surface area contributed by atoms with E-state index < -0.39 is 11.7 Å². The van der Waals surface area contributed by atoms with Crippen molar-refractivity contribution >= 4 is 21.8 Å². The summed E-state index contributed by atoms with van der Waals surface area (Å²) in [5.74, 6) is -1.12. The third-order valence-corrected chi connectivity index (χ3v) is 3.14. The van der Waals surface area contributed by atoms with Gasteiger partial charge in [0, 0.05) is 0 Å². The van der Waals surface area contributed by atoms with Gasteiger partial charge in [0.15, 0.2) is 0 Å². The Balaban J connectivity index is 2.21. The van der Waals surface area contributed by atoms with Crippen LogP contribution in [0.2, 0.25) is 0 Å². The molecule has 0 atom stereocenters. The maximum Gasteiger partial charge on any atom is 0.251 e. The highest BCUT2D eigenvalue weighted by Gasteiger charge is 2.13. The van der Waals surface area contributed by atoms with E-state index in [1.807, 2.05) is 30.3 Å². The number of benzene rings is 2. The van der Waals surface area contributed by atoms with Crippen molar-refractivity contribution in [3.63, 3.8) is 0 Å². The maximum absolute atomic E-state index is 13.5. The van der Waals surface area contributed by atoms with Crippen LogP contribution in [0, 0.1) is 5.82 Å². The fourth-order valence-electron chi connectivity index (χ4n) is 1.56. The highest BCUT2D eigenvalue weighted by molar-refractivity contribution is 9.10. The Morgan fingerprint density at radius 2 is 1.95 bits per heavy atom. The van der Waals surface area contributed by atoms with Crippen LogP contribution in [0.3, 0.4) is 0 Å². The van der Waals surface area contributed by atoms with Gasteiger partial charge in [0.2, 0.25) is 0 Å². The van der Waals surface area contributed by atoms with Gasteiger partial charge in [-0.15, -0.1) is 0 Å². The van der Waals surface area contributed by atoms with Crippen LogP contribution in [-0.2, 0) is 6.61 Å². The third-order valence-electron chi connectivity index (χ3n) is 2.52. The van der Waals surface area contributed by atoms with E-state index in [0.717, 1.165) is 5.56 Å². The van der Waals surface area contributed by atoms with Crippen LogP contribution in [0.4, 0.5) is 4.39 Å². The van der Waals surface area contributed by atoms with Gasteiger partial charge in [0.25, 0.3) is 5.91 Å². The Morgan fingerprint density at radius 3 is 2.58 bits per heavy atom.